The second-order valence-corrected chi connectivity index (χ2v) is 10.3. The molecular weight excluding hydrogens is 455 g/mol. The van der Waals surface area contributed by atoms with Gasteiger partial charge < -0.3 is 23.0 Å². The summed E-state index contributed by atoms with van der Waals surface area (Å²) in [6, 6.07) is 11.9. The topological polar surface area (TPSA) is 63.2 Å². The molecule has 0 aliphatic heterocycles. The first-order chi connectivity index (χ1) is 15.1. The van der Waals surface area contributed by atoms with Gasteiger partial charge in [0.25, 0.3) is 0 Å². The van der Waals surface area contributed by atoms with Gasteiger partial charge in [-0.1, -0.05) is 45.9 Å². The maximum absolute atomic E-state index is 12.4. The minimum Gasteiger partial charge on any atom is -0.497 e. The highest BCUT2D eigenvalue weighted by Crippen LogP contribution is 2.39. The molecule has 0 amide bonds. The van der Waals surface area contributed by atoms with Crippen molar-refractivity contribution in [1.29, 1.82) is 0 Å². The van der Waals surface area contributed by atoms with Crippen LogP contribution in [0, 0.1) is 0 Å². The van der Waals surface area contributed by atoms with Crippen LogP contribution in [0.5, 0.6) is 5.75 Å². The Balaban J connectivity index is 1.65. The van der Waals surface area contributed by atoms with Crippen molar-refractivity contribution in [2.45, 2.75) is 26.7 Å². The zero-order valence-electron chi connectivity index (χ0n) is 18.5. The Morgan fingerprint density at radius 1 is 0.935 bits per heavy atom. The summed E-state index contributed by atoms with van der Waals surface area (Å²) in [6.45, 7) is 7.81. The molecular formula is C22H31O6PS2. The van der Waals surface area contributed by atoms with Crippen molar-refractivity contribution < 1.29 is 27.8 Å². The molecule has 0 radical (unpaired) electrons. The highest BCUT2D eigenvalue weighted by atomic mass is 33.1. The predicted octanol–water partition coefficient (Wildman–Crippen LogP) is 6.19. The summed E-state index contributed by atoms with van der Waals surface area (Å²) in [5.74, 6) is 1.84. The second-order valence-electron chi connectivity index (χ2n) is 6.40. The van der Waals surface area contributed by atoms with E-state index in [0.717, 1.165) is 33.6 Å². The molecule has 2 rings (SSSR count). The van der Waals surface area contributed by atoms with Gasteiger partial charge in [0.15, 0.2) is 0 Å². The number of hydrogen-bond acceptors (Lipinski definition) is 8. The van der Waals surface area contributed by atoms with Crippen LogP contribution in [0.15, 0.2) is 36.4 Å². The number of carbonyl (C=O) groups excluding carboxylic acids is 1. The molecule has 31 heavy (non-hydrogen) atoms. The monoisotopic (exact) mass is 486 g/mol. The predicted molar refractivity (Wildman–Crippen MR) is 131 cm³/mol. The van der Waals surface area contributed by atoms with Crippen molar-refractivity contribution in [3.05, 3.63) is 42.0 Å². The van der Waals surface area contributed by atoms with Crippen LogP contribution in [0.2, 0.25) is 0 Å². The Morgan fingerprint density at radius 3 is 2.26 bits per heavy atom. The lowest BCUT2D eigenvalue weighted by Gasteiger charge is -2.14. The van der Waals surface area contributed by atoms with Gasteiger partial charge in [-0.25, -0.2) is 0 Å². The van der Waals surface area contributed by atoms with Crippen LogP contribution in [0.3, 0.4) is 0 Å². The standard InChI is InChI=1S/C22H31O6PS2/c1-5-26-29(27-6-2)28-12-14-31-30-13-11-25-22(23)17(3)18-7-8-20-16-21(24-4)10-9-19(20)15-18/h7-10,15-17H,5-6,11-14H2,1-4H3. The third-order valence-corrected chi connectivity index (χ3v) is 7.92. The van der Waals surface area contributed by atoms with Crippen molar-refractivity contribution in [2.24, 2.45) is 0 Å². The SMILES string of the molecule is CCOP(OCC)OCCSSCCOC(=O)C(C)c1ccc2cc(OC)ccc2c1. The normalized spacial score (nSPS) is 12.3. The Kier molecular flexibility index (Phi) is 12.6. The molecule has 0 bridgehead atoms. The fourth-order valence-corrected chi connectivity index (χ4v) is 5.33. The Labute approximate surface area is 194 Å². The maximum atomic E-state index is 12.4. The molecule has 0 aromatic heterocycles. The molecule has 0 N–H and O–H groups in total. The fraction of sp³-hybridized carbons (Fsp3) is 0.500. The summed E-state index contributed by atoms with van der Waals surface area (Å²) < 4.78 is 27.1. The van der Waals surface area contributed by atoms with Crippen LogP contribution in [0.4, 0.5) is 0 Å². The lowest BCUT2D eigenvalue weighted by Crippen LogP contribution is -2.14. The number of carbonyl (C=O) groups is 1. The first-order valence-electron chi connectivity index (χ1n) is 10.3. The molecule has 2 aromatic carbocycles. The summed E-state index contributed by atoms with van der Waals surface area (Å²) >= 11 is 0. The Bertz CT molecular complexity index is 801. The van der Waals surface area contributed by atoms with E-state index in [2.05, 4.69) is 0 Å². The smallest absolute Gasteiger partial charge is 0.332 e. The van der Waals surface area contributed by atoms with E-state index in [1.54, 1.807) is 28.7 Å². The van der Waals surface area contributed by atoms with Gasteiger partial charge in [-0.3, -0.25) is 4.79 Å². The van der Waals surface area contributed by atoms with E-state index in [0.29, 0.717) is 26.4 Å². The third kappa shape index (κ3) is 9.16. The van der Waals surface area contributed by atoms with Crippen LogP contribution >= 0.6 is 30.2 Å². The molecule has 1 unspecified atom stereocenters. The van der Waals surface area contributed by atoms with Crippen molar-refractivity contribution in [3.63, 3.8) is 0 Å². The van der Waals surface area contributed by atoms with Gasteiger partial charge in [0.2, 0.25) is 0 Å². The van der Waals surface area contributed by atoms with Gasteiger partial charge >= 0.3 is 14.6 Å². The van der Waals surface area contributed by atoms with Gasteiger partial charge in [-0.05, 0) is 49.2 Å². The van der Waals surface area contributed by atoms with Gasteiger partial charge in [0, 0.05) is 11.5 Å². The number of rotatable bonds is 15. The van der Waals surface area contributed by atoms with E-state index in [-0.39, 0.29) is 11.9 Å². The quantitative estimate of drug-likeness (QED) is 0.128. The van der Waals surface area contributed by atoms with Gasteiger partial charge in [-0.15, -0.1) is 0 Å². The number of methoxy groups -OCH3 is 1. The first-order valence-corrected chi connectivity index (χ1v) is 13.8. The molecule has 0 saturated heterocycles. The average Bonchev–Trinajstić information content (AvgIpc) is 2.79. The molecule has 0 heterocycles. The van der Waals surface area contributed by atoms with E-state index in [1.165, 1.54) is 0 Å². The minimum atomic E-state index is -1.24. The third-order valence-electron chi connectivity index (χ3n) is 4.25. The lowest BCUT2D eigenvalue weighted by atomic mass is 9.98. The summed E-state index contributed by atoms with van der Waals surface area (Å²) in [7, 11) is 3.75. The van der Waals surface area contributed by atoms with Crippen molar-refractivity contribution in [2.75, 3.05) is 45.0 Å². The van der Waals surface area contributed by atoms with Crippen LogP contribution in [0.1, 0.15) is 32.3 Å². The van der Waals surface area contributed by atoms with Gasteiger partial charge in [-0.2, -0.15) is 0 Å². The summed E-state index contributed by atoms with van der Waals surface area (Å²) in [5, 5.41) is 2.15. The van der Waals surface area contributed by atoms with Crippen LogP contribution < -0.4 is 4.74 Å². The van der Waals surface area contributed by atoms with Crippen LogP contribution in [-0.2, 0) is 23.1 Å². The van der Waals surface area contributed by atoms with E-state index >= 15 is 0 Å². The summed E-state index contributed by atoms with van der Waals surface area (Å²) in [4.78, 5) is 12.4. The summed E-state index contributed by atoms with van der Waals surface area (Å²) in [6.07, 6.45) is 0. The van der Waals surface area contributed by atoms with Crippen LogP contribution in [0.25, 0.3) is 10.8 Å². The summed E-state index contributed by atoms with van der Waals surface area (Å²) in [5.41, 5.74) is 0.946. The average molecular weight is 487 g/mol. The Hall–Kier alpha value is -1.02. The minimum absolute atomic E-state index is 0.208. The van der Waals surface area contributed by atoms with E-state index < -0.39 is 8.60 Å². The molecule has 0 aliphatic rings. The molecule has 1 atom stereocenters. The number of hydrogen-bond donors (Lipinski definition) is 0. The van der Waals surface area contributed by atoms with Crippen molar-refractivity contribution >= 4 is 46.9 Å². The molecule has 0 fully saturated rings. The molecule has 172 valence electrons. The zero-order valence-corrected chi connectivity index (χ0v) is 21.0. The number of benzene rings is 2. The number of ether oxygens (including phenoxy) is 2. The van der Waals surface area contributed by atoms with Crippen molar-refractivity contribution in [3.8, 4) is 5.75 Å². The van der Waals surface area contributed by atoms with E-state index in [9.17, 15) is 4.79 Å². The highest BCUT2D eigenvalue weighted by Gasteiger charge is 2.17. The molecule has 6 nitrogen and oxygen atoms in total. The fourth-order valence-electron chi connectivity index (χ4n) is 2.66. The molecule has 0 saturated carbocycles. The van der Waals surface area contributed by atoms with Gasteiger partial charge in [0.1, 0.15) is 12.4 Å². The number of fused-ring (bicyclic) bond motifs is 1. The molecule has 0 aliphatic carbocycles. The number of esters is 1. The zero-order chi connectivity index (χ0) is 22.5. The van der Waals surface area contributed by atoms with Gasteiger partial charge in [0.05, 0.1) is 32.8 Å². The van der Waals surface area contributed by atoms with Crippen LogP contribution in [-0.4, -0.2) is 51.0 Å². The maximum Gasteiger partial charge on any atom is 0.332 e. The van der Waals surface area contributed by atoms with Crippen molar-refractivity contribution in [1.82, 2.24) is 0 Å². The molecule has 9 heteroatoms. The second kappa shape index (κ2) is 14.9. The largest absolute Gasteiger partial charge is 0.497 e. The molecule has 2 aromatic rings. The molecule has 0 spiro atoms. The lowest BCUT2D eigenvalue weighted by molar-refractivity contribution is -0.144. The Morgan fingerprint density at radius 2 is 1.58 bits per heavy atom. The highest BCUT2D eigenvalue weighted by molar-refractivity contribution is 8.76. The van der Waals surface area contributed by atoms with E-state index in [4.69, 9.17) is 23.0 Å². The van der Waals surface area contributed by atoms with E-state index in [1.807, 2.05) is 57.2 Å². The first kappa shape index (κ1) is 26.2.